The lowest BCUT2D eigenvalue weighted by Gasteiger charge is -2.15. The summed E-state index contributed by atoms with van der Waals surface area (Å²) in [5.74, 6) is 0. The summed E-state index contributed by atoms with van der Waals surface area (Å²) in [7, 11) is 0. The number of ether oxygens (including phenoxy) is 3. The van der Waals surface area contributed by atoms with Crippen LogP contribution in [0.3, 0.4) is 0 Å². The van der Waals surface area contributed by atoms with Crippen LogP contribution in [0, 0.1) is 6.61 Å². The maximum Gasteiger partial charge on any atom is 0.115 e. The van der Waals surface area contributed by atoms with Crippen LogP contribution in [0.4, 0.5) is 0 Å². The topological polar surface area (TPSA) is 27.7 Å². The molecule has 1 unspecified atom stereocenters. The van der Waals surface area contributed by atoms with Gasteiger partial charge in [-0.05, 0) is 20.8 Å². The summed E-state index contributed by atoms with van der Waals surface area (Å²) >= 11 is 0. The highest BCUT2D eigenvalue weighted by Crippen LogP contribution is 1.99. The molecule has 0 aliphatic heterocycles. The number of hydrogen-bond acceptors (Lipinski definition) is 3. The van der Waals surface area contributed by atoms with E-state index >= 15 is 0 Å². The van der Waals surface area contributed by atoms with Gasteiger partial charge in [0.2, 0.25) is 0 Å². The highest BCUT2D eigenvalue weighted by Gasteiger charge is 2.08. The molecular weight excluding hydrogens is 156 g/mol. The highest BCUT2D eigenvalue weighted by molar-refractivity contribution is 4.66. The molecule has 3 nitrogen and oxygen atoms in total. The first kappa shape index (κ1) is 11.9. The Morgan fingerprint density at radius 3 is 2.33 bits per heavy atom. The van der Waals surface area contributed by atoms with Crippen molar-refractivity contribution in [2.24, 2.45) is 0 Å². The van der Waals surface area contributed by atoms with E-state index in [0.29, 0.717) is 26.4 Å². The van der Waals surface area contributed by atoms with Crippen molar-refractivity contribution in [1.29, 1.82) is 0 Å². The van der Waals surface area contributed by atoms with E-state index in [-0.39, 0.29) is 6.10 Å². The van der Waals surface area contributed by atoms with Gasteiger partial charge in [0, 0.05) is 19.8 Å². The Kier molecular flexibility index (Phi) is 8.88. The van der Waals surface area contributed by atoms with E-state index in [2.05, 4.69) is 0 Å². The second-order valence-corrected chi connectivity index (χ2v) is 2.24. The monoisotopic (exact) mass is 175 g/mol. The van der Waals surface area contributed by atoms with Crippen LogP contribution in [-0.4, -0.2) is 32.5 Å². The van der Waals surface area contributed by atoms with Crippen LogP contribution in [0.5, 0.6) is 0 Å². The van der Waals surface area contributed by atoms with Crippen molar-refractivity contribution >= 4 is 0 Å². The molecule has 0 aliphatic carbocycles. The standard InChI is InChI=1S/C9H19O3/c1-4-10-7-9(12-6-3)8-11-5-2/h7,9H,4-6,8H2,1-3H3. The minimum atomic E-state index is -0.0325. The molecule has 0 amide bonds. The fraction of sp³-hybridized carbons (Fsp3) is 0.889. The molecule has 0 aromatic rings. The van der Waals surface area contributed by atoms with Gasteiger partial charge in [0.05, 0.1) is 6.61 Å². The molecule has 0 aromatic carbocycles. The maximum absolute atomic E-state index is 5.34. The van der Waals surface area contributed by atoms with Crippen molar-refractivity contribution in [3.63, 3.8) is 0 Å². The molecule has 0 aliphatic rings. The number of hydrogen-bond donors (Lipinski definition) is 0. The average molecular weight is 175 g/mol. The zero-order valence-corrected chi connectivity index (χ0v) is 8.21. The van der Waals surface area contributed by atoms with Crippen LogP contribution in [0.25, 0.3) is 0 Å². The van der Waals surface area contributed by atoms with E-state index in [4.69, 9.17) is 14.2 Å². The molecule has 0 rings (SSSR count). The third-order valence-corrected chi connectivity index (χ3v) is 1.28. The van der Waals surface area contributed by atoms with Gasteiger partial charge in [-0.3, -0.25) is 0 Å². The molecule has 3 heteroatoms. The molecule has 0 spiro atoms. The van der Waals surface area contributed by atoms with Gasteiger partial charge in [-0.25, -0.2) is 0 Å². The normalized spacial score (nSPS) is 11.0. The first-order chi connectivity index (χ1) is 5.85. The lowest BCUT2D eigenvalue weighted by Crippen LogP contribution is -2.21. The van der Waals surface area contributed by atoms with Crippen LogP contribution in [-0.2, 0) is 14.2 Å². The first-order valence-electron chi connectivity index (χ1n) is 4.49. The van der Waals surface area contributed by atoms with Gasteiger partial charge in [0.15, 0.2) is 0 Å². The summed E-state index contributed by atoms with van der Waals surface area (Å²) in [5, 5.41) is 0. The molecule has 0 aromatic heterocycles. The molecule has 73 valence electrons. The van der Waals surface area contributed by atoms with E-state index in [9.17, 15) is 0 Å². The van der Waals surface area contributed by atoms with Gasteiger partial charge in [-0.1, -0.05) is 0 Å². The lowest BCUT2D eigenvalue weighted by atomic mass is 10.4. The Labute approximate surface area is 75.0 Å². The van der Waals surface area contributed by atoms with Crippen molar-refractivity contribution < 1.29 is 14.2 Å². The van der Waals surface area contributed by atoms with Crippen LogP contribution in [0.1, 0.15) is 20.8 Å². The predicted octanol–water partition coefficient (Wildman–Crippen LogP) is 1.63. The average Bonchev–Trinajstić information content (AvgIpc) is 2.10. The van der Waals surface area contributed by atoms with Crippen LogP contribution in [0.2, 0.25) is 0 Å². The third-order valence-electron chi connectivity index (χ3n) is 1.28. The minimum absolute atomic E-state index is 0.0325. The molecule has 12 heavy (non-hydrogen) atoms. The first-order valence-corrected chi connectivity index (χ1v) is 4.49. The van der Waals surface area contributed by atoms with Crippen molar-refractivity contribution in [1.82, 2.24) is 0 Å². The molecule has 0 saturated heterocycles. The zero-order chi connectivity index (χ0) is 9.23. The summed E-state index contributed by atoms with van der Waals surface area (Å²) < 4.78 is 15.7. The van der Waals surface area contributed by atoms with E-state index in [1.165, 1.54) is 0 Å². The van der Waals surface area contributed by atoms with E-state index in [0.717, 1.165) is 0 Å². The maximum atomic E-state index is 5.34. The summed E-state index contributed by atoms with van der Waals surface area (Å²) in [4.78, 5) is 0. The van der Waals surface area contributed by atoms with E-state index in [1.807, 2.05) is 20.8 Å². The van der Waals surface area contributed by atoms with E-state index in [1.54, 1.807) is 6.61 Å². The molecule has 0 bridgehead atoms. The zero-order valence-electron chi connectivity index (χ0n) is 8.21. The Hall–Kier alpha value is -0.120. The Balaban J connectivity index is 3.40. The lowest BCUT2D eigenvalue weighted by molar-refractivity contribution is -0.0234. The van der Waals surface area contributed by atoms with E-state index < -0.39 is 0 Å². The molecule has 0 saturated carbocycles. The van der Waals surface area contributed by atoms with Crippen molar-refractivity contribution in [3.05, 3.63) is 6.61 Å². The largest absolute Gasteiger partial charge is 0.379 e. The Morgan fingerprint density at radius 1 is 1.08 bits per heavy atom. The summed E-state index contributed by atoms with van der Waals surface area (Å²) in [6, 6.07) is 0. The molecule has 0 fully saturated rings. The van der Waals surface area contributed by atoms with Crippen LogP contribution in [0.15, 0.2) is 0 Å². The second-order valence-electron chi connectivity index (χ2n) is 2.24. The van der Waals surface area contributed by atoms with Gasteiger partial charge in [0.1, 0.15) is 12.7 Å². The fourth-order valence-electron chi connectivity index (χ4n) is 0.778. The summed E-state index contributed by atoms with van der Waals surface area (Å²) in [6.45, 7) is 10.2. The van der Waals surface area contributed by atoms with Gasteiger partial charge in [-0.15, -0.1) is 0 Å². The van der Waals surface area contributed by atoms with Gasteiger partial charge in [-0.2, -0.15) is 0 Å². The molecular formula is C9H19O3. The Bertz CT molecular complexity index is 77.8. The van der Waals surface area contributed by atoms with Crippen molar-refractivity contribution in [2.45, 2.75) is 26.9 Å². The quantitative estimate of drug-likeness (QED) is 0.561. The van der Waals surface area contributed by atoms with Gasteiger partial charge >= 0.3 is 0 Å². The fourth-order valence-corrected chi connectivity index (χ4v) is 0.778. The molecule has 1 radical (unpaired) electrons. The summed E-state index contributed by atoms with van der Waals surface area (Å²) in [5.41, 5.74) is 0. The second kappa shape index (κ2) is 8.97. The molecule has 1 atom stereocenters. The van der Waals surface area contributed by atoms with Crippen LogP contribution >= 0.6 is 0 Å². The number of rotatable bonds is 8. The van der Waals surface area contributed by atoms with Gasteiger partial charge < -0.3 is 14.2 Å². The predicted molar refractivity (Wildman–Crippen MR) is 47.8 cm³/mol. The molecule has 0 heterocycles. The Morgan fingerprint density at radius 2 is 1.83 bits per heavy atom. The SMILES string of the molecule is CCO[CH]C(COCC)OCC. The van der Waals surface area contributed by atoms with Gasteiger partial charge in [0.25, 0.3) is 0 Å². The van der Waals surface area contributed by atoms with Crippen molar-refractivity contribution in [3.8, 4) is 0 Å². The minimum Gasteiger partial charge on any atom is -0.379 e. The highest BCUT2D eigenvalue weighted by atomic mass is 16.6. The van der Waals surface area contributed by atoms with Crippen molar-refractivity contribution in [2.75, 3.05) is 26.4 Å². The summed E-state index contributed by atoms with van der Waals surface area (Å²) in [6.07, 6.45) is -0.0325. The van der Waals surface area contributed by atoms with Crippen LogP contribution < -0.4 is 0 Å². The molecule has 0 N–H and O–H groups in total. The third kappa shape index (κ3) is 6.58. The smallest absolute Gasteiger partial charge is 0.115 e.